The second-order valence-electron chi connectivity index (χ2n) is 3.59. The Morgan fingerprint density at radius 1 is 1.53 bits per heavy atom. The molecule has 4 heteroatoms. The average Bonchev–Trinajstić information content (AvgIpc) is 2.62. The molecule has 1 nitrogen and oxygen atoms in total. The number of thioether (sulfide) groups is 1. The van der Waals surface area contributed by atoms with E-state index in [0.29, 0.717) is 6.04 Å². The molecule has 0 saturated carbocycles. The summed E-state index contributed by atoms with van der Waals surface area (Å²) in [6, 6.07) is 4.70. The van der Waals surface area contributed by atoms with E-state index in [1.807, 2.05) is 17.8 Å². The first-order chi connectivity index (χ1) is 7.22. The number of thiophene rings is 1. The van der Waals surface area contributed by atoms with Gasteiger partial charge in [-0.25, -0.2) is 0 Å². The molecule has 1 N–H and O–H groups in total. The summed E-state index contributed by atoms with van der Waals surface area (Å²) in [4.78, 5) is 1.39. The highest BCUT2D eigenvalue weighted by atomic mass is 35.5. The van der Waals surface area contributed by atoms with Crippen molar-refractivity contribution in [2.75, 3.05) is 18.6 Å². The van der Waals surface area contributed by atoms with Crippen LogP contribution in [0.2, 0.25) is 4.34 Å². The van der Waals surface area contributed by atoms with Crippen LogP contribution in [0.25, 0.3) is 0 Å². The Balaban J connectivity index is 2.13. The summed E-state index contributed by atoms with van der Waals surface area (Å²) in [7, 11) is 0. The number of hydrogen-bond donors (Lipinski definition) is 1. The minimum absolute atomic E-state index is 0.595. The molecule has 0 aromatic carbocycles. The van der Waals surface area contributed by atoms with E-state index in [2.05, 4.69) is 24.6 Å². The average molecular weight is 264 g/mol. The SMILES string of the molecule is CSCCNC(C)CCc1ccc(Cl)s1. The maximum absolute atomic E-state index is 5.88. The molecule has 0 radical (unpaired) electrons. The van der Waals surface area contributed by atoms with E-state index < -0.39 is 0 Å². The first-order valence-electron chi connectivity index (χ1n) is 5.19. The molecule has 15 heavy (non-hydrogen) atoms. The zero-order chi connectivity index (χ0) is 11.1. The van der Waals surface area contributed by atoms with Gasteiger partial charge in [0.25, 0.3) is 0 Å². The van der Waals surface area contributed by atoms with Gasteiger partial charge in [0.2, 0.25) is 0 Å². The van der Waals surface area contributed by atoms with Crippen LogP contribution in [0.3, 0.4) is 0 Å². The van der Waals surface area contributed by atoms with Crippen LogP contribution >= 0.6 is 34.7 Å². The fourth-order valence-electron chi connectivity index (χ4n) is 1.35. The standard InChI is InChI=1S/C11H18ClNS2/c1-9(13-7-8-14-2)3-4-10-5-6-11(12)15-10/h5-6,9,13H,3-4,7-8H2,1-2H3. The highest BCUT2D eigenvalue weighted by Gasteiger charge is 2.03. The lowest BCUT2D eigenvalue weighted by Crippen LogP contribution is -2.28. The molecule has 0 saturated heterocycles. The first kappa shape index (κ1) is 13.4. The molecular weight excluding hydrogens is 246 g/mol. The van der Waals surface area contributed by atoms with Crippen LogP contribution in [0.15, 0.2) is 12.1 Å². The second kappa shape index (κ2) is 7.55. The van der Waals surface area contributed by atoms with Crippen molar-refractivity contribution in [1.82, 2.24) is 5.32 Å². The molecular formula is C11H18ClNS2. The van der Waals surface area contributed by atoms with E-state index in [1.165, 1.54) is 17.1 Å². The van der Waals surface area contributed by atoms with Crippen molar-refractivity contribution in [3.63, 3.8) is 0 Å². The van der Waals surface area contributed by atoms with Gasteiger partial charge in [-0.15, -0.1) is 11.3 Å². The van der Waals surface area contributed by atoms with E-state index in [1.54, 1.807) is 11.3 Å². The number of nitrogens with one attached hydrogen (secondary N) is 1. The number of aryl methyl sites for hydroxylation is 1. The first-order valence-corrected chi connectivity index (χ1v) is 7.77. The van der Waals surface area contributed by atoms with E-state index >= 15 is 0 Å². The Bertz CT molecular complexity index is 275. The minimum atomic E-state index is 0.595. The molecule has 0 fully saturated rings. The highest BCUT2D eigenvalue weighted by Crippen LogP contribution is 2.22. The Morgan fingerprint density at radius 2 is 2.33 bits per heavy atom. The van der Waals surface area contributed by atoms with E-state index in [4.69, 9.17) is 11.6 Å². The van der Waals surface area contributed by atoms with E-state index in [-0.39, 0.29) is 0 Å². The van der Waals surface area contributed by atoms with Crippen molar-refractivity contribution < 1.29 is 0 Å². The largest absolute Gasteiger partial charge is 0.313 e. The lowest BCUT2D eigenvalue weighted by molar-refractivity contribution is 0.534. The lowest BCUT2D eigenvalue weighted by atomic mass is 10.1. The number of rotatable bonds is 7. The number of halogens is 1. The van der Waals surface area contributed by atoms with Gasteiger partial charge in [0.15, 0.2) is 0 Å². The Labute approximate surface area is 106 Å². The van der Waals surface area contributed by atoms with Crippen LogP contribution in [-0.4, -0.2) is 24.6 Å². The van der Waals surface area contributed by atoms with Crippen LogP contribution in [0, 0.1) is 0 Å². The van der Waals surface area contributed by atoms with Gasteiger partial charge in [-0.1, -0.05) is 11.6 Å². The molecule has 1 aromatic heterocycles. The van der Waals surface area contributed by atoms with Gasteiger partial charge in [0, 0.05) is 23.2 Å². The van der Waals surface area contributed by atoms with Gasteiger partial charge >= 0.3 is 0 Å². The molecule has 0 bridgehead atoms. The van der Waals surface area contributed by atoms with Crippen molar-refractivity contribution in [3.05, 3.63) is 21.3 Å². The summed E-state index contributed by atoms with van der Waals surface area (Å²) in [6.45, 7) is 3.35. The van der Waals surface area contributed by atoms with Gasteiger partial charge in [-0.3, -0.25) is 0 Å². The van der Waals surface area contributed by atoms with Gasteiger partial charge in [0.05, 0.1) is 4.34 Å². The monoisotopic (exact) mass is 263 g/mol. The Kier molecular flexibility index (Phi) is 6.73. The number of hydrogen-bond acceptors (Lipinski definition) is 3. The van der Waals surface area contributed by atoms with Crippen molar-refractivity contribution in [2.24, 2.45) is 0 Å². The summed E-state index contributed by atoms with van der Waals surface area (Å²) in [5.74, 6) is 1.19. The predicted molar refractivity (Wildman–Crippen MR) is 73.5 cm³/mol. The summed E-state index contributed by atoms with van der Waals surface area (Å²) in [5, 5.41) is 3.51. The third-order valence-corrected chi connectivity index (χ3v) is 4.15. The maximum atomic E-state index is 5.88. The van der Waals surface area contributed by atoms with Gasteiger partial charge in [0.1, 0.15) is 0 Å². The predicted octanol–water partition coefficient (Wildman–Crippen LogP) is 3.68. The zero-order valence-electron chi connectivity index (χ0n) is 9.25. The third-order valence-electron chi connectivity index (χ3n) is 2.25. The fraction of sp³-hybridized carbons (Fsp3) is 0.636. The lowest BCUT2D eigenvalue weighted by Gasteiger charge is -2.12. The van der Waals surface area contributed by atoms with Gasteiger partial charge in [-0.2, -0.15) is 11.8 Å². The molecule has 0 aliphatic rings. The van der Waals surface area contributed by atoms with Crippen molar-refractivity contribution in [1.29, 1.82) is 0 Å². The van der Waals surface area contributed by atoms with Crippen LogP contribution in [-0.2, 0) is 6.42 Å². The summed E-state index contributed by atoms with van der Waals surface area (Å²) < 4.78 is 0.896. The molecule has 1 rings (SSSR count). The summed E-state index contributed by atoms with van der Waals surface area (Å²) in [5.41, 5.74) is 0. The van der Waals surface area contributed by atoms with Gasteiger partial charge < -0.3 is 5.32 Å². The molecule has 1 aromatic rings. The second-order valence-corrected chi connectivity index (χ2v) is 6.38. The molecule has 0 amide bonds. The molecule has 0 aliphatic carbocycles. The molecule has 1 atom stereocenters. The normalized spacial score (nSPS) is 13.0. The molecule has 1 heterocycles. The molecule has 0 aliphatic heterocycles. The Hall–Kier alpha value is 0.300. The van der Waals surface area contributed by atoms with E-state index in [9.17, 15) is 0 Å². The zero-order valence-corrected chi connectivity index (χ0v) is 11.6. The van der Waals surface area contributed by atoms with Crippen molar-refractivity contribution in [3.8, 4) is 0 Å². The van der Waals surface area contributed by atoms with Crippen LogP contribution in [0.4, 0.5) is 0 Å². The van der Waals surface area contributed by atoms with E-state index in [0.717, 1.165) is 17.3 Å². The topological polar surface area (TPSA) is 12.0 Å². The van der Waals surface area contributed by atoms with Crippen molar-refractivity contribution >= 4 is 34.7 Å². The highest BCUT2D eigenvalue weighted by molar-refractivity contribution is 7.98. The smallest absolute Gasteiger partial charge is 0.0931 e. The van der Waals surface area contributed by atoms with Crippen LogP contribution in [0.5, 0.6) is 0 Å². The summed E-state index contributed by atoms with van der Waals surface area (Å²) in [6.07, 6.45) is 4.45. The summed E-state index contributed by atoms with van der Waals surface area (Å²) >= 11 is 9.45. The Morgan fingerprint density at radius 3 is 2.93 bits per heavy atom. The third kappa shape index (κ3) is 5.81. The maximum Gasteiger partial charge on any atom is 0.0931 e. The molecule has 1 unspecified atom stereocenters. The quantitative estimate of drug-likeness (QED) is 0.754. The van der Waals surface area contributed by atoms with Crippen LogP contribution < -0.4 is 5.32 Å². The van der Waals surface area contributed by atoms with Crippen LogP contribution in [0.1, 0.15) is 18.2 Å². The minimum Gasteiger partial charge on any atom is -0.313 e. The van der Waals surface area contributed by atoms with Gasteiger partial charge in [-0.05, 0) is 38.2 Å². The van der Waals surface area contributed by atoms with Crippen molar-refractivity contribution in [2.45, 2.75) is 25.8 Å². The molecule has 86 valence electrons. The fourth-order valence-corrected chi connectivity index (χ4v) is 2.78. The molecule has 0 spiro atoms.